The summed E-state index contributed by atoms with van der Waals surface area (Å²) in [7, 11) is 3.75. The van der Waals surface area contributed by atoms with Crippen molar-refractivity contribution in [2.24, 2.45) is 10.7 Å². The van der Waals surface area contributed by atoms with Crippen molar-refractivity contribution in [2.75, 3.05) is 25.6 Å². The third-order valence-electron chi connectivity index (χ3n) is 16.2. The maximum absolute atomic E-state index is 13.0. The molecule has 0 bridgehead atoms. The van der Waals surface area contributed by atoms with Gasteiger partial charge in [-0.05, 0) is 116 Å². The number of carbonyl (C=O) groups excluding carboxylic acids is 4. The van der Waals surface area contributed by atoms with Crippen LogP contribution in [0, 0.1) is 31.1 Å². The molecule has 2 aliphatic heterocycles. The van der Waals surface area contributed by atoms with Crippen molar-refractivity contribution >= 4 is 76.6 Å². The minimum Gasteiger partial charge on any atom is -0.662 e. The molecule has 7 aromatic rings. The average molecular weight is 1690 g/mol. The molecule has 96 heavy (non-hydrogen) atoms. The minimum absolute atomic E-state index is 0. The van der Waals surface area contributed by atoms with Crippen LogP contribution in [0.25, 0.3) is 0 Å². The van der Waals surface area contributed by atoms with Crippen LogP contribution in [-0.4, -0.2) is 80.0 Å². The Labute approximate surface area is 640 Å². The fourth-order valence-corrected chi connectivity index (χ4v) is 12.0. The Bertz CT molecular complexity index is 3320. The maximum atomic E-state index is 13.0. The van der Waals surface area contributed by atoms with Crippen LogP contribution >= 0.6 is 43.5 Å². The number of rotatable bonds is 24. The van der Waals surface area contributed by atoms with Crippen LogP contribution in [0.1, 0.15) is 161 Å². The number of nitrogens with two attached hydrogens (primary N) is 1. The van der Waals surface area contributed by atoms with Gasteiger partial charge in [0.25, 0.3) is 6.47 Å². The number of aliphatic hydroxyl groups excluding tert-OH is 1. The molecule has 504 valence electrons. The molecule has 0 aromatic heterocycles. The molecular weight excluding hydrogens is 1600 g/mol. The largest absolute Gasteiger partial charge is 1.00 e. The summed E-state index contributed by atoms with van der Waals surface area (Å²) >= 11 is 12.6. The molecule has 14 nitrogen and oxygen atoms in total. The molecule has 2 fully saturated rings. The number of halogens is 3. The number of hydrogen-bond acceptors (Lipinski definition) is 12. The number of cyclic esters (lactones) is 2. The molecule has 20 heteroatoms. The summed E-state index contributed by atoms with van der Waals surface area (Å²) in [5.41, 5.74) is 11.1. The first kappa shape index (κ1) is 86.7. The van der Waals surface area contributed by atoms with E-state index in [1.807, 2.05) is 187 Å². The monoisotopic (exact) mass is 1690 g/mol. The standard InChI is InChI=1S/C22H26BrNO3.C22H24BrNO2.C12H15ClO.C10H11NO.C9H13N.CH2O3.BH.Na.U/c1-2-20(17-9-11-19(23)12-10-17)24-15-14-22(13-6-16-25,27-21(24)26)18-7-4-3-5-8-18;1-3-14-22(18-8-6-5-7-9-18)15-16-24(21(25)26-22)20(4-2)17-10-12-19(23)13-11-17;1-2-8-12(14,9-10-13)11-6-4-3-5-7-11;1-2-10(11-8-12)9-6-4-3-5-7-9;1-2-9(10)8-6-4-3-5-7-8;2-1-4-3;;;/h3-5,7-12,20,25H,2,6,13-16H2,1H3;3,5-13,20H,1,4,14-16H2,2H3;2-7,14H,1,8-10H2;3-7,10H,2H2,1H3;3-7,9H,2,10H2,1H3;1,3H;1H;;/q;;;;;;;+1;/p-1/t2*20-,22+;;10-;9-;;;;/m00.00..../s1/i;;;;;;1D;;. The summed E-state index contributed by atoms with van der Waals surface area (Å²) in [5, 5.41) is 28.1. The molecule has 0 spiro atoms. The number of amides is 2. The third kappa shape index (κ3) is 28.1. The Hall–Kier alpha value is -5.38. The number of ether oxygens (including phenoxy) is 2. The number of hydrogen-bond donors (Lipinski definition) is 3. The first-order chi connectivity index (χ1) is 46.0. The Balaban J connectivity index is 0.000000619. The van der Waals surface area contributed by atoms with E-state index in [0.29, 0.717) is 51.1 Å². The first-order valence-corrected chi connectivity index (χ1v) is 33.6. The first-order valence-electron chi connectivity index (χ1n) is 32.1. The number of nitrogens with zero attached hydrogens (tertiary/aromatic N) is 3. The van der Waals surface area contributed by atoms with E-state index >= 15 is 0 Å². The number of carbonyl (C=O) groups is 3. The van der Waals surface area contributed by atoms with Gasteiger partial charge in [-0.2, -0.15) is 4.99 Å². The molecule has 2 aliphatic rings. The van der Waals surface area contributed by atoms with Crippen molar-refractivity contribution < 1.29 is 110 Å². The summed E-state index contributed by atoms with van der Waals surface area (Å²) in [6.07, 6.45) is 12.5. The molecule has 1 unspecified atom stereocenters. The maximum Gasteiger partial charge on any atom is 1.00 e. The molecule has 2 saturated heterocycles. The quantitative estimate of drug-likeness (QED) is 0.00759. The zero-order valence-corrected chi connectivity index (χ0v) is 66.0. The van der Waals surface area contributed by atoms with Crippen LogP contribution in [-0.2, 0) is 40.8 Å². The van der Waals surface area contributed by atoms with Crippen LogP contribution in [0.15, 0.2) is 239 Å². The van der Waals surface area contributed by atoms with Gasteiger partial charge >= 0.3 is 41.7 Å². The number of aliphatic hydroxyl groups is 2. The van der Waals surface area contributed by atoms with Gasteiger partial charge < -0.3 is 45.4 Å². The zero-order chi connectivity index (χ0) is 69.9. The van der Waals surface area contributed by atoms with Gasteiger partial charge in [0.2, 0.25) is 6.08 Å². The van der Waals surface area contributed by atoms with Crippen molar-refractivity contribution in [3.63, 3.8) is 0 Å². The third-order valence-corrected chi connectivity index (χ3v) is 17.4. The SMILES string of the molecule is C=CCC(O)(CCCl)c1ccccc1.C=CC[C@]1(c2ccccc2)CCN([C@@H](CC)c2ccc(Br)cc2)C(=O)O1.CC[C@@H](c1ccc(Br)cc1)N1CC[C@](CCCO)(c2ccccc2)OC1=O.CC[C@H](N)c1ccccc1.CC[C@H](N=C=O)c1ccccc1.O=CO[O-].[2H][B].[Na+].[U]. The van der Waals surface area contributed by atoms with E-state index in [1.54, 1.807) is 12.2 Å². The smallest absolute Gasteiger partial charge is 0.662 e. The van der Waals surface area contributed by atoms with Gasteiger partial charge in [0, 0.05) is 99.3 Å². The van der Waals surface area contributed by atoms with Crippen molar-refractivity contribution in [3.05, 3.63) is 273 Å². The fourth-order valence-electron chi connectivity index (χ4n) is 11.2. The topological polar surface area (TPSA) is 204 Å². The van der Waals surface area contributed by atoms with Crippen LogP contribution in [0.3, 0.4) is 0 Å². The molecule has 2 amide bonds. The van der Waals surface area contributed by atoms with Crippen LogP contribution in [0.2, 0.25) is 0 Å². The molecule has 9 rings (SSSR count). The molecule has 0 aliphatic carbocycles. The second-order valence-electron chi connectivity index (χ2n) is 22.1. The summed E-state index contributed by atoms with van der Waals surface area (Å²) in [4.78, 5) is 54.7. The summed E-state index contributed by atoms with van der Waals surface area (Å²) < 4.78 is 19.4. The molecule has 7 atom stereocenters. The van der Waals surface area contributed by atoms with Crippen LogP contribution in [0.5, 0.6) is 0 Å². The number of aliphatic imine (C=N–C) groups is 1. The van der Waals surface area contributed by atoms with Crippen molar-refractivity contribution in [1.82, 2.24) is 9.80 Å². The van der Waals surface area contributed by atoms with Crippen molar-refractivity contribution in [3.8, 4) is 0 Å². The Morgan fingerprint density at radius 3 is 1.46 bits per heavy atom. The van der Waals surface area contributed by atoms with E-state index in [1.165, 1.54) is 5.56 Å². The van der Waals surface area contributed by atoms with Gasteiger partial charge in [0.15, 0.2) is 0 Å². The summed E-state index contributed by atoms with van der Waals surface area (Å²) in [5.74, 6) is 0.444. The van der Waals surface area contributed by atoms with Gasteiger partial charge in [0.1, 0.15) is 11.2 Å². The van der Waals surface area contributed by atoms with Crippen molar-refractivity contribution in [2.45, 2.75) is 139 Å². The molecule has 2 heterocycles. The van der Waals surface area contributed by atoms with Crippen molar-refractivity contribution in [1.29, 1.82) is 1.34 Å². The molecular formula is C76H91BBr2ClN4NaO10U. The van der Waals surface area contributed by atoms with Gasteiger partial charge in [-0.3, -0.25) is 4.79 Å². The van der Waals surface area contributed by atoms with Gasteiger partial charge in [0.05, 0.1) is 23.7 Å². The van der Waals surface area contributed by atoms with Gasteiger partial charge in [-0.15, -0.1) is 24.8 Å². The molecule has 4 N–H and O–H groups in total. The minimum atomic E-state index is -0.856. The summed E-state index contributed by atoms with van der Waals surface area (Å²) in [6.45, 7) is 17.0. The zero-order valence-electron chi connectivity index (χ0n) is 56.9. The van der Waals surface area contributed by atoms with E-state index in [4.69, 9.17) is 38.2 Å². The molecule has 2 radical (unpaired) electrons. The van der Waals surface area contributed by atoms with E-state index in [-0.39, 0.29) is 110 Å². The van der Waals surface area contributed by atoms with E-state index < -0.39 is 16.8 Å². The average Bonchev–Trinajstić information content (AvgIpc) is 0.787. The predicted molar refractivity (Wildman–Crippen MR) is 383 cm³/mol. The Morgan fingerprint density at radius 1 is 0.688 bits per heavy atom. The van der Waals surface area contributed by atoms with Crippen LogP contribution < -0.4 is 40.5 Å². The van der Waals surface area contributed by atoms with E-state index in [2.05, 4.69) is 120 Å². The van der Waals surface area contributed by atoms with Gasteiger partial charge in [-0.25, -0.2) is 14.4 Å². The molecule has 7 aromatic carbocycles. The molecule has 0 saturated carbocycles. The number of isocyanates is 1. The Kier molecular flexibility index (Phi) is 44.4. The Morgan fingerprint density at radius 2 is 1.09 bits per heavy atom. The second kappa shape index (κ2) is 49.2. The fraction of sp³-hybridized carbons (Fsp3) is 0.342. The van der Waals surface area contributed by atoms with E-state index in [0.717, 1.165) is 80.9 Å². The second-order valence-corrected chi connectivity index (χ2v) is 24.3. The summed E-state index contributed by atoms with van der Waals surface area (Å²) in [6, 6.07) is 65.9. The van der Waals surface area contributed by atoms with Gasteiger partial charge in [-0.1, -0.05) is 248 Å². The number of alkyl halides is 1. The van der Waals surface area contributed by atoms with E-state index in [9.17, 15) is 24.6 Å². The predicted octanol–water partition coefficient (Wildman–Crippen LogP) is 14.1. The number of benzene rings is 7. The normalized spacial score (nSPS) is 16.9. The van der Waals surface area contributed by atoms with Crippen LogP contribution in [0.4, 0.5) is 9.59 Å².